The second kappa shape index (κ2) is 7.90. The Bertz CT molecular complexity index is 862. The predicted octanol–water partition coefficient (Wildman–Crippen LogP) is 4.77. The van der Waals surface area contributed by atoms with Crippen LogP contribution in [0.4, 0.5) is 5.82 Å². The highest BCUT2D eigenvalue weighted by Gasteiger charge is 2.15. The predicted molar refractivity (Wildman–Crippen MR) is 108 cm³/mol. The van der Waals surface area contributed by atoms with E-state index in [2.05, 4.69) is 58.9 Å². The van der Waals surface area contributed by atoms with E-state index in [9.17, 15) is 0 Å². The number of anilines is 1. The van der Waals surface area contributed by atoms with E-state index >= 15 is 0 Å². The Kier molecular flexibility index (Phi) is 5.41. The number of thiocarbonyl (C=S) groups is 1. The van der Waals surface area contributed by atoms with Gasteiger partial charge in [0, 0.05) is 5.69 Å². The molecule has 1 aromatic heterocycles. The van der Waals surface area contributed by atoms with Crippen molar-refractivity contribution in [3.8, 4) is 0 Å². The van der Waals surface area contributed by atoms with Crippen LogP contribution in [0.5, 0.6) is 0 Å². The Morgan fingerprint density at radius 3 is 2.32 bits per heavy atom. The van der Waals surface area contributed by atoms with Crippen LogP contribution < -0.4 is 10.6 Å². The maximum absolute atomic E-state index is 5.53. The third kappa shape index (κ3) is 4.64. The SMILES string of the molecule is Cc1cccc([C@H](NC(=S)Nc2cccc(C)n2)c2ccccc2)c1. The molecule has 0 radical (unpaired) electrons. The largest absolute Gasteiger partial charge is 0.351 e. The maximum Gasteiger partial charge on any atom is 0.172 e. The molecule has 0 spiro atoms. The van der Waals surface area contributed by atoms with Crippen LogP contribution in [0.15, 0.2) is 72.8 Å². The molecular formula is C21H21N3S. The summed E-state index contributed by atoms with van der Waals surface area (Å²) in [6.07, 6.45) is 0. The molecule has 2 N–H and O–H groups in total. The Morgan fingerprint density at radius 2 is 1.60 bits per heavy atom. The molecule has 3 aromatic rings. The fraction of sp³-hybridized carbons (Fsp3) is 0.143. The molecule has 0 aliphatic heterocycles. The molecule has 25 heavy (non-hydrogen) atoms. The lowest BCUT2D eigenvalue weighted by Crippen LogP contribution is -2.33. The minimum Gasteiger partial charge on any atom is -0.351 e. The quantitative estimate of drug-likeness (QED) is 0.666. The molecule has 0 saturated heterocycles. The van der Waals surface area contributed by atoms with Crippen molar-refractivity contribution >= 4 is 23.1 Å². The third-order valence-electron chi connectivity index (χ3n) is 3.91. The van der Waals surface area contributed by atoms with Gasteiger partial charge in [-0.3, -0.25) is 0 Å². The van der Waals surface area contributed by atoms with Crippen molar-refractivity contribution < 1.29 is 0 Å². The summed E-state index contributed by atoms with van der Waals surface area (Å²) in [4.78, 5) is 4.44. The molecule has 4 heteroatoms. The van der Waals surface area contributed by atoms with Crippen LogP contribution in [0.25, 0.3) is 0 Å². The monoisotopic (exact) mass is 347 g/mol. The summed E-state index contributed by atoms with van der Waals surface area (Å²) in [6, 6.07) is 24.6. The Morgan fingerprint density at radius 1 is 0.880 bits per heavy atom. The second-order valence-electron chi connectivity index (χ2n) is 6.02. The van der Waals surface area contributed by atoms with Gasteiger partial charge in [0.05, 0.1) is 6.04 Å². The van der Waals surface area contributed by atoms with Gasteiger partial charge in [0.1, 0.15) is 5.82 Å². The summed E-state index contributed by atoms with van der Waals surface area (Å²) in [5, 5.41) is 7.15. The van der Waals surface area contributed by atoms with Crippen LogP contribution in [-0.2, 0) is 0 Å². The van der Waals surface area contributed by atoms with Gasteiger partial charge in [-0.1, -0.05) is 66.2 Å². The molecule has 0 fully saturated rings. The molecule has 0 saturated carbocycles. The second-order valence-corrected chi connectivity index (χ2v) is 6.43. The molecule has 1 heterocycles. The minimum atomic E-state index is -0.0223. The summed E-state index contributed by atoms with van der Waals surface area (Å²) in [5.41, 5.74) is 4.51. The minimum absolute atomic E-state index is 0.0223. The van der Waals surface area contributed by atoms with Crippen LogP contribution in [0.2, 0.25) is 0 Å². The van der Waals surface area contributed by atoms with Gasteiger partial charge in [-0.2, -0.15) is 0 Å². The highest BCUT2D eigenvalue weighted by molar-refractivity contribution is 7.80. The van der Waals surface area contributed by atoms with Crippen molar-refractivity contribution in [3.63, 3.8) is 0 Å². The van der Waals surface area contributed by atoms with Gasteiger partial charge in [0.15, 0.2) is 5.11 Å². The summed E-state index contributed by atoms with van der Waals surface area (Å²) < 4.78 is 0. The first-order valence-electron chi connectivity index (χ1n) is 8.24. The van der Waals surface area contributed by atoms with E-state index in [-0.39, 0.29) is 6.04 Å². The number of rotatable bonds is 4. The van der Waals surface area contributed by atoms with Crippen molar-refractivity contribution in [3.05, 3.63) is 95.2 Å². The maximum atomic E-state index is 5.53. The Balaban J connectivity index is 1.84. The first-order valence-corrected chi connectivity index (χ1v) is 8.65. The lowest BCUT2D eigenvalue weighted by Gasteiger charge is -2.22. The van der Waals surface area contributed by atoms with E-state index in [1.807, 2.05) is 43.3 Å². The fourth-order valence-electron chi connectivity index (χ4n) is 2.75. The van der Waals surface area contributed by atoms with Gasteiger partial charge >= 0.3 is 0 Å². The first-order chi connectivity index (χ1) is 12.1. The number of aromatic nitrogens is 1. The van der Waals surface area contributed by atoms with Gasteiger partial charge in [0.25, 0.3) is 0 Å². The smallest absolute Gasteiger partial charge is 0.172 e. The number of pyridine rings is 1. The van der Waals surface area contributed by atoms with Crippen LogP contribution in [0.3, 0.4) is 0 Å². The molecule has 2 aromatic carbocycles. The first kappa shape index (κ1) is 17.1. The summed E-state index contributed by atoms with van der Waals surface area (Å²) in [5.74, 6) is 0.744. The lowest BCUT2D eigenvalue weighted by molar-refractivity contribution is 0.767. The highest BCUT2D eigenvalue weighted by Crippen LogP contribution is 2.23. The standard InChI is InChI=1S/C21H21N3S/c1-15-8-6-12-18(14-15)20(17-10-4-3-5-11-17)24-21(25)23-19-13-7-9-16(2)22-19/h3-14,20H,1-2H3,(H2,22,23,24,25)/t20-/m1/s1. The normalized spacial score (nSPS) is 11.6. The number of aryl methyl sites for hydroxylation is 2. The van der Waals surface area contributed by atoms with E-state index < -0.39 is 0 Å². The van der Waals surface area contributed by atoms with E-state index in [1.165, 1.54) is 11.1 Å². The van der Waals surface area contributed by atoms with Crippen LogP contribution >= 0.6 is 12.2 Å². The molecule has 0 unspecified atom stereocenters. The van der Waals surface area contributed by atoms with E-state index in [1.54, 1.807) is 0 Å². The number of hydrogen-bond acceptors (Lipinski definition) is 2. The molecule has 1 atom stereocenters. The molecule has 0 amide bonds. The number of hydrogen-bond donors (Lipinski definition) is 2. The van der Waals surface area contributed by atoms with Gasteiger partial charge in [-0.25, -0.2) is 4.98 Å². The molecule has 126 valence electrons. The van der Waals surface area contributed by atoms with E-state index in [0.717, 1.165) is 17.1 Å². The zero-order valence-electron chi connectivity index (χ0n) is 14.4. The van der Waals surface area contributed by atoms with Crippen molar-refractivity contribution in [1.29, 1.82) is 0 Å². The zero-order chi connectivity index (χ0) is 17.6. The van der Waals surface area contributed by atoms with Gasteiger partial charge in [-0.15, -0.1) is 0 Å². The average Bonchev–Trinajstić information content (AvgIpc) is 2.60. The van der Waals surface area contributed by atoms with Gasteiger partial charge < -0.3 is 10.6 Å². The summed E-state index contributed by atoms with van der Waals surface area (Å²) in [6.45, 7) is 4.06. The van der Waals surface area contributed by atoms with Crippen LogP contribution in [0.1, 0.15) is 28.4 Å². The number of benzene rings is 2. The highest BCUT2D eigenvalue weighted by atomic mass is 32.1. The van der Waals surface area contributed by atoms with Crippen molar-refractivity contribution in [2.24, 2.45) is 0 Å². The topological polar surface area (TPSA) is 37.0 Å². The zero-order valence-corrected chi connectivity index (χ0v) is 15.2. The molecule has 0 aliphatic rings. The van der Waals surface area contributed by atoms with Gasteiger partial charge in [-0.05, 0) is 49.3 Å². The number of nitrogens with zero attached hydrogens (tertiary/aromatic N) is 1. The van der Waals surface area contributed by atoms with Crippen LogP contribution in [0, 0.1) is 13.8 Å². The Hall–Kier alpha value is -2.72. The molecule has 3 nitrogen and oxygen atoms in total. The summed E-state index contributed by atoms with van der Waals surface area (Å²) >= 11 is 5.53. The lowest BCUT2D eigenvalue weighted by atomic mass is 9.97. The fourth-order valence-corrected chi connectivity index (χ4v) is 2.97. The molecule has 0 bridgehead atoms. The van der Waals surface area contributed by atoms with E-state index in [4.69, 9.17) is 12.2 Å². The van der Waals surface area contributed by atoms with Crippen molar-refractivity contribution in [2.45, 2.75) is 19.9 Å². The third-order valence-corrected chi connectivity index (χ3v) is 4.13. The van der Waals surface area contributed by atoms with Crippen molar-refractivity contribution in [2.75, 3.05) is 5.32 Å². The summed E-state index contributed by atoms with van der Waals surface area (Å²) in [7, 11) is 0. The number of nitrogens with one attached hydrogen (secondary N) is 2. The molecule has 0 aliphatic carbocycles. The Labute approximate surface area is 154 Å². The average molecular weight is 347 g/mol. The molecule has 3 rings (SSSR count). The van der Waals surface area contributed by atoms with Crippen LogP contribution in [-0.4, -0.2) is 10.1 Å². The molecular weight excluding hydrogens is 326 g/mol. The van der Waals surface area contributed by atoms with Crippen molar-refractivity contribution in [1.82, 2.24) is 10.3 Å². The van der Waals surface area contributed by atoms with Gasteiger partial charge in [0.2, 0.25) is 0 Å². The van der Waals surface area contributed by atoms with E-state index in [0.29, 0.717) is 5.11 Å².